The third-order valence-corrected chi connectivity index (χ3v) is 2.39. The first-order valence-corrected chi connectivity index (χ1v) is 4.58. The normalized spacial score (nSPS) is 11.7. The summed E-state index contributed by atoms with van der Waals surface area (Å²) < 4.78 is 37.8. The number of hydrogen-bond acceptors (Lipinski definition) is 1. The predicted octanol–water partition coefficient (Wildman–Crippen LogP) is 3.67. The van der Waals surface area contributed by atoms with Crippen molar-refractivity contribution in [2.45, 2.75) is 6.18 Å². The van der Waals surface area contributed by atoms with Crippen LogP contribution in [0.1, 0.15) is 15.9 Å². The van der Waals surface area contributed by atoms with E-state index in [2.05, 4.69) is 0 Å². The number of rotatable bonds is 1. The molecule has 4 heteroatoms. The number of halogens is 3. The van der Waals surface area contributed by atoms with Crippen LogP contribution in [0.2, 0.25) is 0 Å². The highest BCUT2D eigenvalue weighted by atomic mass is 19.4. The van der Waals surface area contributed by atoms with Gasteiger partial charge in [0, 0.05) is 5.56 Å². The van der Waals surface area contributed by atoms with Crippen molar-refractivity contribution in [2.24, 2.45) is 0 Å². The van der Waals surface area contributed by atoms with Crippen molar-refractivity contribution in [1.29, 1.82) is 0 Å². The monoisotopic (exact) mass is 224 g/mol. The minimum absolute atomic E-state index is 0.255. The number of carbonyl (C=O) groups is 1. The van der Waals surface area contributed by atoms with E-state index in [-0.39, 0.29) is 11.8 Å². The van der Waals surface area contributed by atoms with Gasteiger partial charge >= 0.3 is 6.18 Å². The van der Waals surface area contributed by atoms with Gasteiger partial charge in [-0.3, -0.25) is 4.79 Å². The molecule has 1 nitrogen and oxygen atoms in total. The maximum absolute atomic E-state index is 12.6. The molecular formula is C12H7F3O. The molecule has 2 rings (SSSR count). The number of benzene rings is 2. The van der Waals surface area contributed by atoms with Crippen LogP contribution in [0.4, 0.5) is 13.2 Å². The van der Waals surface area contributed by atoms with Crippen molar-refractivity contribution in [2.75, 3.05) is 0 Å². The molecule has 0 N–H and O–H groups in total. The summed E-state index contributed by atoms with van der Waals surface area (Å²) in [7, 11) is 0. The minimum atomic E-state index is -4.50. The molecular weight excluding hydrogens is 217 g/mol. The highest BCUT2D eigenvalue weighted by Crippen LogP contribution is 2.34. The first-order chi connectivity index (χ1) is 7.54. The first kappa shape index (κ1) is 10.7. The van der Waals surface area contributed by atoms with Gasteiger partial charge in [0.25, 0.3) is 0 Å². The Morgan fingerprint density at radius 2 is 1.69 bits per heavy atom. The van der Waals surface area contributed by atoms with Crippen LogP contribution in [0.5, 0.6) is 0 Å². The molecule has 2 aromatic carbocycles. The molecule has 0 fully saturated rings. The van der Waals surface area contributed by atoms with Crippen LogP contribution in [0, 0.1) is 0 Å². The number of fused-ring (bicyclic) bond motifs is 1. The molecule has 0 heterocycles. The third-order valence-electron chi connectivity index (χ3n) is 2.39. The Balaban J connectivity index is 2.83. The Morgan fingerprint density at radius 1 is 1.00 bits per heavy atom. The Morgan fingerprint density at radius 3 is 2.31 bits per heavy atom. The largest absolute Gasteiger partial charge is 0.417 e. The summed E-state index contributed by atoms with van der Waals surface area (Å²) in [5.41, 5.74) is -1.19. The number of carbonyl (C=O) groups excluding carboxylic acids is 1. The van der Waals surface area contributed by atoms with Crippen LogP contribution in [0.25, 0.3) is 10.8 Å². The Bertz CT molecular complexity index is 543. The highest BCUT2D eigenvalue weighted by Gasteiger charge is 2.33. The summed E-state index contributed by atoms with van der Waals surface area (Å²) in [5.74, 6) is 0. The fraction of sp³-hybridized carbons (Fsp3) is 0.0833. The molecule has 0 aliphatic heterocycles. The van der Waals surface area contributed by atoms with Gasteiger partial charge in [-0.15, -0.1) is 0 Å². The summed E-state index contributed by atoms with van der Waals surface area (Å²) >= 11 is 0. The van der Waals surface area contributed by atoms with Crippen LogP contribution in [0.3, 0.4) is 0 Å². The van der Waals surface area contributed by atoms with E-state index in [1.54, 1.807) is 18.2 Å². The molecule has 0 radical (unpaired) electrons. The van der Waals surface area contributed by atoms with Crippen LogP contribution < -0.4 is 0 Å². The van der Waals surface area contributed by atoms with Crippen molar-refractivity contribution in [3.05, 3.63) is 47.5 Å². The first-order valence-electron chi connectivity index (χ1n) is 4.58. The van der Waals surface area contributed by atoms with Crippen LogP contribution in [-0.4, -0.2) is 6.29 Å². The van der Waals surface area contributed by atoms with E-state index >= 15 is 0 Å². The zero-order valence-corrected chi connectivity index (χ0v) is 8.08. The Labute approximate surface area is 89.5 Å². The van der Waals surface area contributed by atoms with Crippen LogP contribution >= 0.6 is 0 Å². The van der Waals surface area contributed by atoms with Crippen molar-refractivity contribution in [3.8, 4) is 0 Å². The number of hydrogen-bond donors (Lipinski definition) is 0. The fourth-order valence-corrected chi connectivity index (χ4v) is 1.67. The summed E-state index contributed by atoms with van der Waals surface area (Å²) in [4.78, 5) is 10.8. The highest BCUT2D eigenvalue weighted by molar-refractivity contribution is 5.99. The van der Waals surface area contributed by atoms with Gasteiger partial charge in [0.1, 0.15) is 0 Å². The molecule has 0 bridgehead atoms. The Hall–Kier alpha value is -1.84. The fourth-order valence-electron chi connectivity index (χ4n) is 1.67. The van der Waals surface area contributed by atoms with Gasteiger partial charge in [-0.25, -0.2) is 0 Å². The molecule has 0 saturated carbocycles. The van der Waals surface area contributed by atoms with Gasteiger partial charge in [0.15, 0.2) is 6.29 Å². The molecule has 0 aliphatic carbocycles. The van der Waals surface area contributed by atoms with Crippen molar-refractivity contribution in [3.63, 3.8) is 0 Å². The van der Waals surface area contributed by atoms with Crippen LogP contribution in [-0.2, 0) is 6.18 Å². The van der Waals surface area contributed by atoms with Crippen molar-refractivity contribution in [1.82, 2.24) is 0 Å². The molecule has 82 valence electrons. The number of aldehydes is 1. The molecule has 0 amide bonds. The van der Waals surface area contributed by atoms with E-state index in [9.17, 15) is 18.0 Å². The van der Waals surface area contributed by atoms with E-state index in [1.165, 1.54) is 12.1 Å². The molecule has 0 aliphatic rings. The van der Waals surface area contributed by atoms with Gasteiger partial charge < -0.3 is 0 Å². The summed E-state index contributed by atoms with van der Waals surface area (Å²) in [6, 6.07) is 8.80. The van der Waals surface area contributed by atoms with E-state index in [0.717, 1.165) is 6.07 Å². The van der Waals surface area contributed by atoms with Gasteiger partial charge in [-0.05, 0) is 16.8 Å². The lowest BCUT2D eigenvalue weighted by Gasteiger charge is -2.11. The van der Waals surface area contributed by atoms with Gasteiger partial charge in [0.2, 0.25) is 0 Å². The smallest absolute Gasteiger partial charge is 0.298 e. The second-order valence-corrected chi connectivity index (χ2v) is 3.36. The summed E-state index contributed by atoms with van der Waals surface area (Å²) in [6.07, 6.45) is -4.24. The van der Waals surface area contributed by atoms with E-state index in [4.69, 9.17) is 0 Å². The second-order valence-electron chi connectivity index (χ2n) is 3.36. The predicted molar refractivity (Wildman–Crippen MR) is 54.3 cm³/mol. The summed E-state index contributed by atoms with van der Waals surface area (Å²) in [5, 5.41) is 0.949. The average Bonchev–Trinajstić information content (AvgIpc) is 2.26. The standard InChI is InChI=1S/C12H7F3O/c13-12(14,15)11-6-5-8-3-1-2-4-9(8)10(11)7-16/h1-7H. The molecule has 0 atom stereocenters. The van der Waals surface area contributed by atoms with Gasteiger partial charge in [-0.2, -0.15) is 13.2 Å². The number of alkyl halides is 3. The molecule has 2 aromatic rings. The zero-order chi connectivity index (χ0) is 11.8. The topological polar surface area (TPSA) is 17.1 Å². The molecule has 16 heavy (non-hydrogen) atoms. The third kappa shape index (κ3) is 1.66. The van der Waals surface area contributed by atoms with E-state index in [1.807, 2.05) is 0 Å². The summed E-state index contributed by atoms with van der Waals surface area (Å²) in [6.45, 7) is 0. The molecule has 0 spiro atoms. The van der Waals surface area contributed by atoms with Gasteiger partial charge in [0.05, 0.1) is 5.56 Å². The molecule has 0 unspecified atom stereocenters. The maximum Gasteiger partial charge on any atom is 0.417 e. The SMILES string of the molecule is O=Cc1c(C(F)(F)F)ccc2ccccc12. The minimum Gasteiger partial charge on any atom is -0.298 e. The van der Waals surface area contributed by atoms with Crippen LogP contribution in [0.15, 0.2) is 36.4 Å². The van der Waals surface area contributed by atoms with E-state index < -0.39 is 11.7 Å². The van der Waals surface area contributed by atoms with Crippen molar-refractivity contribution < 1.29 is 18.0 Å². The quantitative estimate of drug-likeness (QED) is 0.675. The van der Waals surface area contributed by atoms with Gasteiger partial charge in [-0.1, -0.05) is 30.3 Å². The lowest BCUT2D eigenvalue weighted by atomic mass is 9.99. The average molecular weight is 224 g/mol. The van der Waals surface area contributed by atoms with E-state index in [0.29, 0.717) is 10.8 Å². The Kier molecular flexibility index (Phi) is 2.42. The molecule has 0 saturated heterocycles. The molecule has 0 aromatic heterocycles. The lowest BCUT2D eigenvalue weighted by molar-refractivity contribution is -0.137. The second kappa shape index (κ2) is 3.63. The van der Waals surface area contributed by atoms with Crippen molar-refractivity contribution >= 4 is 17.1 Å². The lowest BCUT2D eigenvalue weighted by Crippen LogP contribution is -2.09. The zero-order valence-electron chi connectivity index (χ0n) is 8.08. The maximum atomic E-state index is 12.6.